The van der Waals surface area contributed by atoms with Gasteiger partial charge in [-0.1, -0.05) is 24.6 Å². The van der Waals surface area contributed by atoms with Crippen LogP contribution in [0.5, 0.6) is 5.75 Å². The lowest BCUT2D eigenvalue weighted by Gasteiger charge is -2.36. The lowest BCUT2D eigenvalue weighted by Crippen LogP contribution is -2.48. The van der Waals surface area contributed by atoms with Crippen LogP contribution in [0.25, 0.3) is 0 Å². The number of halogens is 1. The van der Waals surface area contributed by atoms with E-state index in [2.05, 4.69) is 4.90 Å². The van der Waals surface area contributed by atoms with Gasteiger partial charge in [0, 0.05) is 36.9 Å². The fraction of sp³-hybridized carbons (Fsp3) is 0.429. The molecule has 0 atom stereocenters. The summed E-state index contributed by atoms with van der Waals surface area (Å²) in [4.78, 5) is 2.52. The molecule has 7 heteroatoms. The number of nitrogens with zero attached hydrogens (tertiary/aromatic N) is 2. The third kappa shape index (κ3) is 4.29. The summed E-state index contributed by atoms with van der Waals surface area (Å²) >= 11 is 6.23. The Balaban J connectivity index is 1.72. The molecule has 1 fully saturated rings. The molecule has 152 valence electrons. The predicted octanol–water partition coefficient (Wildman–Crippen LogP) is 4.26. The van der Waals surface area contributed by atoms with Crippen LogP contribution >= 0.6 is 11.6 Å². The lowest BCUT2D eigenvalue weighted by molar-refractivity contribution is 0.315. The summed E-state index contributed by atoms with van der Waals surface area (Å²) in [6, 6.07) is 10.9. The zero-order chi connectivity index (χ0) is 20.3. The number of anilines is 1. The van der Waals surface area contributed by atoms with Crippen LogP contribution < -0.4 is 9.64 Å². The van der Waals surface area contributed by atoms with E-state index in [4.69, 9.17) is 16.3 Å². The first-order valence-corrected chi connectivity index (χ1v) is 11.4. The van der Waals surface area contributed by atoms with Crippen molar-refractivity contribution < 1.29 is 13.2 Å². The minimum absolute atomic E-state index is 0.321. The van der Waals surface area contributed by atoms with Gasteiger partial charge in [0.05, 0.1) is 11.5 Å². The molecule has 28 heavy (non-hydrogen) atoms. The van der Waals surface area contributed by atoms with E-state index in [1.165, 1.54) is 0 Å². The highest BCUT2D eigenvalue weighted by atomic mass is 35.5. The molecule has 1 heterocycles. The maximum atomic E-state index is 13.1. The molecular weight excluding hydrogens is 396 g/mol. The van der Waals surface area contributed by atoms with Gasteiger partial charge in [-0.15, -0.1) is 0 Å². The molecule has 0 bridgehead atoms. The van der Waals surface area contributed by atoms with Gasteiger partial charge in [0.2, 0.25) is 10.0 Å². The molecule has 0 N–H and O–H groups in total. The highest BCUT2D eigenvalue weighted by molar-refractivity contribution is 7.89. The monoisotopic (exact) mass is 422 g/mol. The van der Waals surface area contributed by atoms with Crippen molar-refractivity contribution in [2.75, 3.05) is 37.7 Å². The van der Waals surface area contributed by atoms with E-state index >= 15 is 0 Å². The lowest BCUT2D eigenvalue weighted by atomic mass is 10.1. The molecule has 2 aromatic rings. The largest absolute Gasteiger partial charge is 0.493 e. The molecule has 2 aromatic carbocycles. The summed E-state index contributed by atoms with van der Waals surface area (Å²) < 4.78 is 33.4. The third-order valence-corrected chi connectivity index (χ3v) is 7.37. The minimum atomic E-state index is -3.52. The first-order valence-electron chi connectivity index (χ1n) is 9.58. The smallest absolute Gasteiger partial charge is 0.243 e. The molecule has 0 aliphatic carbocycles. The molecule has 0 saturated carbocycles. The molecule has 0 aromatic heterocycles. The van der Waals surface area contributed by atoms with Gasteiger partial charge in [-0.3, -0.25) is 0 Å². The fourth-order valence-electron chi connectivity index (χ4n) is 3.41. The number of hydrogen-bond acceptors (Lipinski definition) is 4. The zero-order valence-electron chi connectivity index (χ0n) is 16.6. The number of piperazine rings is 1. The number of aryl methyl sites for hydroxylation is 1. The number of hydrogen-bond donors (Lipinski definition) is 0. The topological polar surface area (TPSA) is 49.9 Å². The van der Waals surface area contributed by atoms with Crippen LogP contribution in [0.3, 0.4) is 0 Å². The summed E-state index contributed by atoms with van der Waals surface area (Å²) in [5, 5.41) is 0.730. The molecule has 0 unspecified atom stereocenters. The van der Waals surface area contributed by atoms with Crippen molar-refractivity contribution in [2.45, 2.75) is 32.1 Å². The van der Waals surface area contributed by atoms with Gasteiger partial charge in [-0.2, -0.15) is 4.31 Å². The second-order valence-corrected chi connectivity index (χ2v) is 9.40. The van der Waals surface area contributed by atoms with Crippen molar-refractivity contribution in [3.63, 3.8) is 0 Å². The van der Waals surface area contributed by atoms with Gasteiger partial charge in [-0.05, 0) is 61.7 Å². The van der Waals surface area contributed by atoms with Crippen LogP contribution in [-0.4, -0.2) is 45.5 Å². The molecule has 1 aliphatic rings. The Morgan fingerprint density at radius 1 is 1.07 bits per heavy atom. The van der Waals surface area contributed by atoms with E-state index in [1.54, 1.807) is 22.5 Å². The van der Waals surface area contributed by atoms with Crippen molar-refractivity contribution in [2.24, 2.45) is 0 Å². The van der Waals surface area contributed by atoms with Gasteiger partial charge < -0.3 is 9.64 Å². The quantitative estimate of drug-likeness (QED) is 0.698. The van der Waals surface area contributed by atoms with E-state index in [1.807, 2.05) is 39.0 Å². The second-order valence-electron chi connectivity index (χ2n) is 7.05. The molecule has 1 saturated heterocycles. The van der Waals surface area contributed by atoms with E-state index in [9.17, 15) is 8.42 Å². The highest BCUT2D eigenvalue weighted by Gasteiger charge is 2.29. The maximum Gasteiger partial charge on any atom is 0.243 e. The standard InChI is InChI=1S/C21H27ClN2O3S/c1-4-14-27-21-9-8-18(15-16(21)2)28(25,26)24-12-10-23(11-13-24)20-7-5-6-19(22)17(20)3/h5-9,15H,4,10-14H2,1-3H3. The Morgan fingerprint density at radius 3 is 2.43 bits per heavy atom. The van der Waals surface area contributed by atoms with E-state index in [0.717, 1.165) is 34.0 Å². The van der Waals surface area contributed by atoms with Gasteiger partial charge in [0.1, 0.15) is 5.75 Å². The number of benzene rings is 2. The Hall–Kier alpha value is -1.76. The van der Waals surface area contributed by atoms with E-state index < -0.39 is 10.0 Å². The maximum absolute atomic E-state index is 13.1. The zero-order valence-corrected chi connectivity index (χ0v) is 18.2. The van der Waals surface area contributed by atoms with Crippen molar-refractivity contribution in [3.8, 4) is 5.75 Å². The number of rotatable bonds is 6. The molecule has 0 spiro atoms. The minimum Gasteiger partial charge on any atom is -0.493 e. The Labute approximate surface area is 172 Å². The number of sulfonamides is 1. The average molecular weight is 423 g/mol. The molecule has 5 nitrogen and oxygen atoms in total. The summed E-state index contributed by atoms with van der Waals surface area (Å²) in [5.74, 6) is 0.738. The van der Waals surface area contributed by atoms with Gasteiger partial charge >= 0.3 is 0 Å². The van der Waals surface area contributed by atoms with Gasteiger partial charge in [0.15, 0.2) is 0 Å². The Morgan fingerprint density at radius 2 is 1.79 bits per heavy atom. The van der Waals surface area contributed by atoms with Crippen molar-refractivity contribution in [3.05, 3.63) is 52.5 Å². The summed E-state index contributed by atoms with van der Waals surface area (Å²) in [5.41, 5.74) is 2.93. The SMILES string of the molecule is CCCOc1ccc(S(=O)(=O)N2CCN(c3cccc(Cl)c3C)CC2)cc1C. The third-order valence-electron chi connectivity index (χ3n) is 5.06. The first-order chi connectivity index (χ1) is 13.3. The van der Waals surface area contributed by atoms with E-state index in [-0.39, 0.29) is 0 Å². The normalized spacial score (nSPS) is 15.6. The predicted molar refractivity (Wildman–Crippen MR) is 114 cm³/mol. The van der Waals surface area contributed by atoms with Crippen LogP contribution in [0.2, 0.25) is 5.02 Å². The summed E-state index contributed by atoms with van der Waals surface area (Å²) in [6.45, 7) is 8.70. The van der Waals surface area contributed by atoms with E-state index in [0.29, 0.717) is 37.7 Å². The van der Waals surface area contributed by atoms with Crippen molar-refractivity contribution in [1.82, 2.24) is 4.31 Å². The Bertz CT molecular complexity index is 939. The van der Waals surface area contributed by atoms with Crippen LogP contribution in [0.15, 0.2) is 41.3 Å². The van der Waals surface area contributed by atoms with Crippen LogP contribution in [-0.2, 0) is 10.0 Å². The fourth-order valence-corrected chi connectivity index (χ4v) is 5.09. The van der Waals surface area contributed by atoms with Crippen LogP contribution in [0, 0.1) is 13.8 Å². The second kappa shape index (κ2) is 8.72. The highest BCUT2D eigenvalue weighted by Crippen LogP contribution is 2.29. The molecule has 0 amide bonds. The number of ether oxygens (including phenoxy) is 1. The first kappa shape index (κ1) is 21.0. The van der Waals surface area contributed by atoms with Gasteiger partial charge in [-0.25, -0.2) is 8.42 Å². The van der Waals surface area contributed by atoms with Crippen molar-refractivity contribution in [1.29, 1.82) is 0 Å². The molecular formula is C21H27ClN2O3S. The summed E-state index contributed by atoms with van der Waals surface area (Å²) in [7, 11) is -3.52. The average Bonchev–Trinajstić information content (AvgIpc) is 2.69. The van der Waals surface area contributed by atoms with Gasteiger partial charge in [0.25, 0.3) is 0 Å². The van der Waals surface area contributed by atoms with Crippen LogP contribution in [0.1, 0.15) is 24.5 Å². The Kier molecular flexibility index (Phi) is 6.53. The van der Waals surface area contributed by atoms with Crippen molar-refractivity contribution >= 4 is 27.3 Å². The van der Waals surface area contributed by atoms with Crippen LogP contribution in [0.4, 0.5) is 5.69 Å². The summed E-state index contributed by atoms with van der Waals surface area (Å²) in [6.07, 6.45) is 0.913. The molecule has 1 aliphatic heterocycles. The molecule has 3 rings (SSSR count). The molecule has 0 radical (unpaired) electrons.